The molecule has 3 heterocycles. The van der Waals surface area contributed by atoms with Crippen LogP contribution in [0.2, 0.25) is 0 Å². The molecule has 1 aliphatic rings. The summed E-state index contributed by atoms with van der Waals surface area (Å²) in [4.78, 5) is 22.3. The van der Waals surface area contributed by atoms with Crippen molar-refractivity contribution in [2.75, 3.05) is 25.1 Å². The van der Waals surface area contributed by atoms with Gasteiger partial charge in [-0.25, -0.2) is 14.8 Å². The van der Waals surface area contributed by atoms with Crippen molar-refractivity contribution in [3.8, 4) is 0 Å². The largest absolute Gasteiger partial charge is 0.463 e. The summed E-state index contributed by atoms with van der Waals surface area (Å²) in [6.07, 6.45) is 1.93. The molecule has 0 amide bonds. The van der Waals surface area contributed by atoms with Gasteiger partial charge in [0.05, 0.1) is 25.1 Å². The molecule has 1 fully saturated rings. The lowest BCUT2D eigenvalue weighted by atomic mass is 10.2. The van der Waals surface area contributed by atoms with Gasteiger partial charge in [0.15, 0.2) is 0 Å². The Morgan fingerprint density at radius 1 is 1.32 bits per heavy atom. The number of hydrogen-bond acceptors (Lipinski definition) is 8. The molecule has 2 aromatic heterocycles. The number of hydrogen-bond donors (Lipinski definition) is 0. The SMILES string of the molecule is COC(=O)c1ccc(CSc2cc(N3CC(C)OC(C)C3)ncn2)o1. The molecule has 0 aliphatic carbocycles. The van der Waals surface area contributed by atoms with Gasteiger partial charge < -0.3 is 18.8 Å². The zero-order chi connectivity index (χ0) is 17.8. The first-order valence-corrected chi connectivity index (χ1v) is 9.06. The number of aromatic nitrogens is 2. The monoisotopic (exact) mass is 363 g/mol. The Bertz CT molecular complexity index is 726. The number of esters is 1. The summed E-state index contributed by atoms with van der Waals surface area (Å²) in [5.74, 6) is 1.89. The van der Waals surface area contributed by atoms with Gasteiger partial charge in [-0.15, -0.1) is 0 Å². The molecule has 2 atom stereocenters. The van der Waals surface area contributed by atoms with Gasteiger partial charge in [-0.1, -0.05) is 11.8 Å². The van der Waals surface area contributed by atoms with Crippen LogP contribution in [0.5, 0.6) is 0 Å². The predicted octanol–water partition coefficient (Wildman–Crippen LogP) is 2.76. The second-order valence-electron chi connectivity index (χ2n) is 5.92. The predicted molar refractivity (Wildman–Crippen MR) is 93.9 cm³/mol. The first-order valence-electron chi connectivity index (χ1n) is 8.07. The molecule has 0 aromatic carbocycles. The second-order valence-corrected chi connectivity index (χ2v) is 6.92. The quantitative estimate of drug-likeness (QED) is 0.456. The summed E-state index contributed by atoms with van der Waals surface area (Å²) < 4.78 is 15.9. The summed E-state index contributed by atoms with van der Waals surface area (Å²) in [5.41, 5.74) is 0. The number of anilines is 1. The van der Waals surface area contributed by atoms with Crippen molar-refractivity contribution in [3.05, 3.63) is 36.0 Å². The van der Waals surface area contributed by atoms with E-state index in [1.807, 2.05) is 6.07 Å². The van der Waals surface area contributed by atoms with Gasteiger partial charge in [0.2, 0.25) is 5.76 Å². The van der Waals surface area contributed by atoms with Crippen LogP contribution in [-0.2, 0) is 15.2 Å². The molecule has 1 saturated heterocycles. The standard InChI is InChI=1S/C17H21N3O4S/c1-11-7-20(8-12(2)23-11)15-6-16(19-10-18-15)25-9-13-4-5-14(24-13)17(21)22-3/h4-6,10-12H,7-9H2,1-3H3. The minimum atomic E-state index is -0.476. The van der Waals surface area contributed by atoms with E-state index < -0.39 is 5.97 Å². The molecule has 0 N–H and O–H groups in total. The molecule has 0 radical (unpaired) electrons. The number of morpholine rings is 1. The van der Waals surface area contributed by atoms with Crippen molar-refractivity contribution < 1.29 is 18.7 Å². The number of methoxy groups -OCH3 is 1. The highest BCUT2D eigenvalue weighted by Crippen LogP contribution is 2.26. The molecule has 2 aromatic rings. The van der Waals surface area contributed by atoms with Crippen LogP contribution >= 0.6 is 11.8 Å². The van der Waals surface area contributed by atoms with E-state index in [2.05, 4.69) is 33.5 Å². The van der Waals surface area contributed by atoms with Crippen LogP contribution in [0.3, 0.4) is 0 Å². The van der Waals surface area contributed by atoms with Gasteiger partial charge in [-0.05, 0) is 26.0 Å². The fourth-order valence-corrected chi connectivity index (χ4v) is 3.51. The Morgan fingerprint density at radius 3 is 2.80 bits per heavy atom. The van der Waals surface area contributed by atoms with Crippen molar-refractivity contribution >= 4 is 23.5 Å². The Kier molecular flexibility index (Phi) is 5.60. The first kappa shape index (κ1) is 17.8. The van der Waals surface area contributed by atoms with E-state index in [0.29, 0.717) is 11.5 Å². The third-order valence-corrected chi connectivity index (χ3v) is 4.73. The van der Waals surface area contributed by atoms with Crippen molar-refractivity contribution in [1.29, 1.82) is 0 Å². The fourth-order valence-electron chi connectivity index (χ4n) is 2.76. The Labute approximate surface area is 150 Å². The minimum absolute atomic E-state index is 0.176. The Hall–Kier alpha value is -2.06. The maximum Gasteiger partial charge on any atom is 0.373 e. The molecule has 2 unspecified atom stereocenters. The molecule has 7 nitrogen and oxygen atoms in total. The third-order valence-electron chi connectivity index (χ3n) is 3.78. The molecule has 0 saturated carbocycles. The van der Waals surface area contributed by atoms with Crippen LogP contribution < -0.4 is 4.90 Å². The lowest BCUT2D eigenvalue weighted by Gasteiger charge is -2.36. The first-order chi connectivity index (χ1) is 12.0. The number of thioether (sulfide) groups is 1. The molecule has 3 rings (SSSR count). The smallest absolute Gasteiger partial charge is 0.373 e. The average Bonchev–Trinajstić information content (AvgIpc) is 3.08. The normalized spacial score (nSPS) is 20.5. The van der Waals surface area contributed by atoms with Crippen LogP contribution in [0.15, 0.2) is 34.0 Å². The topological polar surface area (TPSA) is 77.7 Å². The van der Waals surface area contributed by atoms with Crippen molar-refractivity contribution in [3.63, 3.8) is 0 Å². The zero-order valence-electron chi connectivity index (χ0n) is 14.5. The van der Waals surface area contributed by atoms with Gasteiger partial charge in [0.1, 0.15) is 22.9 Å². The fraction of sp³-hybridized carbons (Fsp3) is 0.471. The van der Waals surface area contributed by atoms with Gasteiger partial charge in [-0.3, -0.25) is 0 Å². The molecular weight excluding hydrogens is 342 g/mol. The zero-order valence-corrected chi connectivity index (χ0v) is 15.3. The number of carbonyl (C=O) groups excluding carboxylic acids is 1. The van der Waals surface area contributed by atoms with Crippen LogP contribution in [-0.4, -0.2) is 48.3 Å². The van der Waals surface area contributed by atoms with Crippen molar-refractivity contribution in [2.45, 2.75) is 36.8 Å². The van der Waals surface area contributed by atoms with Crippen LogP contribution in [0.1, 0.15) is 30.2 Å². The lowest BCUT2D eigenvalue weighted by Crippen LogP contribution is -2.45. The molecule has 25 heavy (non-hydrogen) atoms. The van der Waals surface area contributed by atoms with E-state index in [4.69, 9.17) is 9.15 Å². The summed E-state index contributed by atoms with van der Waals surface area (Å²) in [6, 6.07) is 5.36. The third kappa shape index (κ3) is 4.52. The van der Waals surface area contributed by atoms with Gasteiger partial charge >= 0.3 is 5.97 Å². The number of ether oxygens (including phenoxy) is 2. The van der Waals surface area contributed by atoms with E-state index in [1.165, 1.54) is 18.9 Å². The number of nitrogens with zero attached hydrogens (tertiary/aromatic N) is 3. The van der Waals surface area contributed by atoms with E-state index >= 15 is 0 Å². The van der Waals surface area contributed by atoms with Crippen LogP contribution in [0.4, 0.5) is 5.82 Å². The molecular formula is C17H21N3O4S. The second kappa shape index (κ2) is 7.88. The van der Waals surface area contributed by atoms with E-state index in [-0.39, 0.29) is 18.0 Å². The van der Waals surface area contributed by atoms with Gasteiger partial charge in [0, 0.05) is 19.2 Å². The Morgan fingerprint density at radius 2 is 2.08 bits per heavy atom. The average molecular weight is 363 g/mol. The highest BCUT2D eigenvalue weighted by Gasteiger charge is 2.23. The molecule has 8 heteroatoms. The summed E-state index contributed by atoms with van der Waals surface area (Å²) in [5, 5.41) is 0.854. The summed E-state index contributed by atoms with van der Waals surface area (Å²) in [7, 11) is 1.33. The van der Waals surface area contributed by atoms with E-state index in [9.17, 15) is 4.79 Å². The summed E-state index contributed by atoms with van der Waals surface area (Å²) in [6.45, 7) is 5.75. The summed E-state index contributed by atoms with van der Waals surface area (Å²) >= 11 is 1.53. The molecule has 134 valence electrons. The molecule has 0 bridgehead atoms. The van der Waals surface area contributed by atoms with Crippen molar-refractivity contribution in [1.82, 2.24) is 9.97 Å². The molecule has 1 aliphatic heterocycles. The maximum absolute atomic E-state index is 11.4. The van der Waals surface area contributed by atoms with E-state index in [1.54, 1.807) is 18.5 Å². The highest BCUT2D eigenvalue weighted by atomic mass is 32.2. The van der Waals surface area contributed by atoms with E-state index in [0.717, 1.165) is 23.9 Å². The van der Waals surface area contributed by atoms with Gasteiger partial charge in [-0.2, -0.15) is 0 Å². The lowest BCUT2D eigenvalue weighted by molar-refractivity contribution is -0.00548. The number of carbonyl (C=O) groups is 1. The van der Waals surface area contributed by atoms with Crippen LogP contribution in [0.25, 0.3) is 0 Å². The molecule has 0 spiro atoms. The minimum Gasteiger partial charge on any atom is -0.463 e. The van der Waals surface area contributed by atoms with Crippen LogP contribution in [0, 0.1) is 0 Å². The number of rotatable bonds is 5. The van der Waals surface area contributed by atoms with Gasteiger partial charge in [0.25, 0.3) is 0 Å². The Balaban J connectivity index is 1.64. The highest BCUT2D eigenvalue weighted by molar-refractivity contribution is 7.98. The number of furan rings is 1. The maximum atomic E-state index is 11.4. The van der Waals surface area contributed by atoms with Crippen molar-refractivity contribution in [2.24, 2.45) is 0 Å².